The summed E-state index contributed by atoms with van der Waals surface area (Å²) in [6, 6.07) is 26.0. The van der Waals surface area contributed by atoms with Gasteiger partial charge in [0.25, 0.3) is 0 Å². The van der Waals surface area contributed by atoms with E-state index in [2.05, 4.69) is 36.4 Å². The van der Waals surface area contributed by atoms with Crippen LogP contribution in [0.1, 0.15) is 22.6 Å². The van der Waals surface area contributed by atoms with Gasteiger partial charge >= 0.3 is 0 Å². The molecule has 1 heterocycles. The van der Waals surface area contributed by atoms with Crippen molar-refractivity contribution in [2.45, 2.75) is 12.5 Å². The van der Waals surface area contributed by atoms with Crippen LogP contribution in [0.2, 0.25) is 0 Å². The van der Waals surface area contributed by atoms with E-state index in [1.807, 2.05) is 66.7 Å². The largest absolute Gasteiger partial charge is 0.325 e. The molecule has 1 unspecified atom stereocenters. The molecule has 0 spiro atoms. The highest BCUT2D eigenvalue weighted by molar-refractivity contribution is 6.24. The molecule has 140 valence electrons. The first kappa shape index (κ1) is 18.1. The number of hydrogen-bond donors (Lipinski definition) is 1. The molecular formula is C24H23N3O. The smallest absolute Gasteiger partial charge is 0.238 e. The normalized spacial score (nSPS) is 16.2. The molecule has 1 amide bonds. The second kappa shape index (κ2) is 7.79. The lowest BCUT2D eigenvalue weighted by molar-refractivity contribution is -0.115. The van der Waals surface area contributed by atoms with Crippen molar-refractivity contribution < 1.29 is 4.79 Å². The number of anilines is 1. The number of fused-ring (bicyclic) bond motifs is 1. The molecule has 0 radical (unpaired) electrons. The molecule has 28 heavy (non-hydrogen) atoms. The van der Waals surface area contributed by atoms with E-state index in [0.29, 0.717) is 0 Å². The van der Waals surface area contributed by atoms with Gasteiger partial charge in [-0.25, -0.2) is 0 Å². The maximum atomic E-state index is 12.8. The van der Waals surface area contributed by atoms with Crippen LogP contribution >= 0.6 is 0 Å². The number of aliphatic imine (C=N–C) groups is 1. The molecule has 1 atom stereocenters. The summed E-state index contributed by atoms with van der Waals surface area (Å²) >= 11 is 0. The maximum absolute atomic E-state index is 12.8. The zero-order valence-corrected chi connectivity index (χ0v) is 16.1. The van der Waals surface area contributed by atoms with Crippen LogP contribution in [0.15, 0.2) is 83.9 Å². The second-order valence-electron chi connectivity index (χ2n) is 7.28. The number of para-hydroxylation sites is 1. The number of rotatable bonds is 5. The Bertz CT molecular complexity index is 1010. The van der Waals surface area contributed by atoms with Crippen molar-refractivity contribution in [1.29, 1.82) is 0 Å². The highest BCUT2D eigenvalue weighted by Gasteiger charge is 2.35. The van der Waals surface area contributed by atoms with Gasteiger partial charge in [0, 0.05) is 12.2 Å². The summed E-state index contributed by atoms with van der Waals surface area (Å²) in [4.78, 5) is 19.9. The van der Waals surface area contributed by atoms with Gasteiger partial charge in [-0.1, -0.05) is 60.7 Å². The highest BCUT2D eigenvalue weighted by Crippen LogP contribution is 2.36. The minimum Gasteiger partial charge on any atom is -0.325 e. The summed E-state index contributed by atoms with van der Waals surface area (Å²) in [6.45, 7) is 0.883. The number of carbonyl (C=O) groups is 1. The Morgan fingerprint density at radius 2 is 1.61 bits per heavy atom. The van der Waals surface area contributed by atoms with E-state index in [0.717, 1.165) is 34.8 Å². The molecule has 1 aliphatic rings. The molecule has 3 aromatic rings. The molecule has 4 rings (SSSR count). The Morgan fingerprint density at radius 1 is 0.929 bits per heavy atom. The van der Waals surface area contributed by atoms with Gasteiger partial charge in [-0.05, 0) is 49.0 Å². The van der Waals surface area contributed by atoms with Crippen LogP contribution in [0.4, 0.5) is 11.4 Å². The van der Waals surface area contributed by atoms with Crippen molar-refractivity contribution in [1.82, 2.24) is 4.90 Å². The van der Waals surface area contributed by atoms with E-state index in [4.69, 9.17) is 4.99 Å². The Labute approximate surface area is 165 Å². The molecule has 4 heteroatoms. The van der Waals surface area contributed by atoms with Gasteiger partial charge in [0.1, 0.15) is 5.92 Å². The molecule has 0 aromatic heterocycles. The van der Waals surface area contributed by atoms with Crippen LogP contribution in [0.25, 0.3) is 0 Å². The monoisotopic (exact) mass is 369 g/mol. The van der Waals surface area contributed by atoms with Gasteiger partial charge in [0.15, 0.2) is 0 Å². The van der Waals surface area contributed by atoms with Crippen LogP contribution in [-0.4, -0.2) is 30.6 Å². The number of amides is 1. The van der Waals surface area contributed by atoms with Crippen LogP contribution in [0.5, 0.6) is 0 Å². The lowest BCUT2D eigenvalue weighted by Crippen LogP contribution is -2.21. The lowest BCUT2D eigenvalue weighted by atomic mass is 9.90. The Hall–Kier alpha value is -3.24. The SMILES string of the molecule is CN(C)Cc1ccc(N=C(c2ccccc2)C2C(=O)Nc3ccccc32)cc1. The highest BCUT2D eigenvalue weighted by atomic mass is 16.2. The first-order valence-corrected chi connectivity index (χ1v) is 9.39. The quantitative estimate of drug-likeness (QED) is 0.668. The topological polar surface area (TPSA) is 44.7 Å². The third-order valence-electron chi connectivity index (χ3n) is 4.82. The number of nitrogens with one attached hydrogen (secondary N) is 1. The van der Waals surface area contributed by atoms with Crippen LogP contribution < -0.4 is 5.32 Å². The van der Waals surface area contributed by atoms with Crippen molar-refractivity contribution in [2.75, 3.05) is 19.4 Å². The van der Waals surface area contributed by atoms with E-state index in [-0.39, 0.29) is 5.91 Å². The van der Waals surface area contributed by atoms with Crippen molar-refractivity contribution in [3.63, 3.8) is 0 Å². The number of carbonyl (C=O) groups excluding carboxylic acids is 1. The van der Waals surface area contributed by atoms with Crippen molar-refractivity contribution in [2.24, 2.45) is 4.99 Å². The van der Waals surface area contributed by atoms with Crippen LogP contribution in [0, 0.1) is 0 Å². The zero-order chi connectivity index (χ0) is 19.5. The summed E-state index contributed by atoms with van der Waals surface area (Å²) < 4.78 is 0. The molecule has 0 saturated heterocycles. The average Bonchev–Trinajstić information content (AvgIpc) is 3.03. The molecular weight excluding hydrogens is 346 g/mol. The summed E-state index contributed by atoms with van der Waals surface area (Å²) in [7, 11) is 4.10. The fourth-order valence-electron chi connectivity index (χ4n) is 3.56. The predicted molar refractivity (Wildman–Crippen MR) is 114 cm³/mol. The van der Waals surface area contributed by atoms with E-state index >= 15 is 0 Å². The Kier molecular flexibility index (Phi) is 5.04. The predicted octanol–water partition coefficient (Wildman–Crippen LogP) is 4.60. The molecule has 0 saturated carbocycles. The molecule has 4 nitrogen and oxygen atoms in total. The van der Waals surface area contributed by atoms with Gasteiger partial charge in [0.05, 0.1) is 11.4 Å². The molecule has 0 fully saturated rings. The molecule has 1 aliphatic heterocycles. The van der Waals surface area contributed by atoms with Crippen molar-refractivity contribution in [3.8, 4) is 0 Å². The maximum Gasteiger partial charge on any atom is 0.238 e. The van der Waals surface area contributed by atoms with E-state index in [1.54, 1.807) is 0 Å². The average molecular weight is 369 g/mol. The number of nitrogens with zero attached hydrogens (tertiary/aromatic N) is 2. The van der Waals surface area contributed by atoms with Gasteiger partial charge in [-0.15, -0.1) is 0 Å². The first-order valence-electron chi connectivity index (χ1n) is 9.39. The minimum atomic E-state index is -0.417. The summed E-state index contributed by atoms with van der Waals surface area (Å²) in [6.07, 6.45) is 0. The third-order valence-corrected chi connectivity index (χ3v) is 4.82. The van der Waals surface area contributed by atoms with Crippen LogP contribution in [0.3, 0.4) is 0 Å². The number of benzene rings is 3. The van der Waals surface area contributed by atoms with Gasteiger partial charge in [0.2, 0.25) is 5.91 Å². The fourth-order valence-corrected chi connectivity index (χ4v) is 3.56. The van der Waals surface area contributed by atoms with Gasteiger partial charge in [-0.2, -0.15) is 0 Å². The summed E-state index contributed by atoms with van der Waals surface area (Å²) in [5, 5.41) is 2.99. The number of hydrogen-bond acceptors (Lipinski definition) is 3. The Balaban J connectivity index is 1.77. The van der Waals surface area contributed by atoms with E-state index in [1.165, 1.54) is 5.56 Å². The van der Waals surface area contributed by atoms with E-state index < -0.39 is 5.92 Å². The van der Waals surface area contributed by atoms with Gasteiger partial charge in [-0.3, -0.25) is 9.79 Å². The Morgan fingerprint density at radius 3 is 2.32 bits per heavy atom. The second-order valence-corrected chi connectivity index (χ2v) is 7.28. The van der Waals surface area contributed by atoms with Crippen molar-refractivity contribution >= 4 is 23.0 Å². The first-order chi connectivity index (χ1) is 13.6. The summed E-state index contributed by atoms with van der Waals surface area (Å²) in [5.41, 5.74) is 5.63. The van der Waals surface area contributed by atoms with E-state index in [9.17, 15) is 4.79 Å². The fraction of sp³-hybridized carbons (Fsp3) is 0.167. The van der Waals surface area contributed by atoms with Crippen LogP contribution in [-0.2, 0) is 11.3 Å². The minimum absolute atomic E-state index is 0.0342. The molecule has 3 aromatic carbocycles. The molecule has 0 bridgehead atoms. The summed E-state index contributed by atoms with van der Waals surface area (Å²) in [5.74, 6) is -0.451. The molecule has 1 N–H and O–H groups in total. The van der Waals surface area contributed by atoms with Gasteiger partial charge < -0.3 is 10.2 Å². The van der Waals surface area contributed by atoms with Crippen molar-refractivity contribution in [3.05, 3.63) is 95.6 Å². The third kappa shape index (κ3) is 3.73. The lowest BCUT2D eigenvalue weighted by Gasteiger charge is -2.14. The zero-order valence-electron chi connectivity index (χ0n) is 16.1. The standard InChI is InChI=1S/C24H23N3O/c1-27(2)16-17-12-14-19(15-13-17)25-23(18-8-4-3-5-9-18)22-20-10-6-7-11-21(20)26-24(22)28/h3-15,22H,16H2,1-2H3,(H,26,28). The molecule has 0 aliphatic carbocycles.